The first-order valence-electron chi connectivity index (χ1n) is 11.4. The van der Waals surface area contributed by atoms with Crippen LogP contribution in [0.4, 0.5) is 0 Å². The Morgan fingerprint density at radius 2 is 1.10 bits per heavy atom. The second-order valence-electron chi connectivity index (χ2n) is 10.2. The first kappa shape index (κ1) is 23.2. The molecule has 0 bridgehead atoms. The summed E-state index contributed by atoms with van der Waals surface area (Å²) in [4.78, 5) is 0. The highest BCUT2D eigenvalue weighted by Gasteiger charge is 2.56. The Labute approximate surface area is 185 Å². The number of hydrogen-bond donors (Lipinski definition) is 0. The van der Waals surface area contributed by atoms with Crippen molar-refractivity contribution in [2.24, 2.45) is 11.8 Å². The van der Waals surface area contributed by atoms with Gasteiger partial charge >= 0.3 is 0 Å². The highest BCUT2D eigenvalue weighted by molar-refractivity contribution is 6.99. The predicted octanol–water partition coefficient (Wildman–Crippen LogP) is 5.23. The Kier molecular flexibility index (Phi) is 6.67. The second kappa shape index (κ2) is 8.61. The zero-order chi connectivity index (χ0) is 22.4. The first-order valence-corrected chi connectivity index (χ1v) is 13.4. The second-order valence-corrected chi connectivity index (χ2v) is 13.5. The maximum absolute atomic E-state index is 7.20. The highest BCUT2D eigenvalue weighted by atomic mass is 28.4. The van der Waals surface area contributed by atoms with Gasteiger partial charge in [0, 0.05) is 0 Å². The molecule has 3 heteroatoms. The molecular formula is C27H40O2Si. The van der Waals surface area contributed by atoms with Gasteiger partial charge in [0.25, 0.3) is 8.32 Å². The Morgan fingerprint density at radius 3 is 1.43 bits per heavy atom. The third-order valence-electron chi connectivity index (χ3n) is 6.64. The summed E-state index contributed by atoms with van der Waals surface area (Å²) in [6.07, 6.45) is 0.148. The molecule has 0 spiro atoms. The van der Waals surface area contributed by atoms with Crippen LogP contribution >= 0.6 is 0 Å². The van der Waals surface area contributed by atoms with Gasteiger partial charge < -0.3 is 9.16 Å². The van der Waals surface area contributed by atoms with Crippen LogP contribution in [-0.4, -0.2) is 26.8 Å². The van der Waals surface area contributed by atoms with E-state index >= 15 is 0 Å². The summed E-state index contributed by atoms with van der Waals surface area (Å²) >= 11 is 0. The van der Waals surface area contributed by atoms with Gasteiger partial charge in [0.15, 0.2) is 0 Å². The van der Waals surface area contributed by atoms with Gasteiger partial charge in [0.05, 0.1) is 18.4 Å². The predicted molar refractivity (Wildman–Crippen MR) is 131 cm³/mol. The number of hydrogen-bond acceptors (Lipinski definition) is 2. The molecule has 0 aliphatic carbocycles. The van der Waals surface area contributed by atoms with Crippen molar-refractivity contribution >= 4 is 18.7 Å². The van der Waals surface area contributed by atoms with Gasteiger partial charge in [-0.25, -0.2) is 0 Å². The van der Waals surface area contributed by atoms with Crippen molar-refractivity contribution in [2.75, 3.05) is 6.61 Å². The van der Waals surface area contributed by atoms with E-state index in [1.54, 1.807) is 0 Å². The molecule has 0 amide bonds. The van der Waals surface area contributed by atoms with E-state index < -0.39 is 8.32 Å². The molecule has 1 saturated heterocycles. The Morgan fingerprint density at radius 1 is 0.700 bits per heavy atom. The van der Waals surface area contributed by atoms with Crippen molar-refractivity contribution in [1.29, 1.82) is 0 Å². The van der Waals surface area contributed by atoms with Crippen LogP contribution in [0.2, 0.25) is 0 Å². The quantitative estimate of drug-likeness (QED) is 0.626. The van der Waals surface area contributed by atoms with Gasteiger partial charge in [-0.1, -0.05) is 63.1 Å². The van der Waals surface area contributed by atoms with Gasteiger partial charge in [0.2, 0.25) is 0 Å². The molecule has 0 saturated carbocycles. The minimum absolute atomic E-state index is 0.0823. The third-order valence-corrected chi connectivity index (χ3v) is 11.9. The topological polar surface area (TPSA) is 18.5 Å². The van der Waals surface area contributed by atoms with E-state index in [0.29, 0.717) is 18.4 Å². The van der Waals surface area contributed by atoms with Crippen molar-refractivity contribution in [1.82, 2.24) is 0 Å². The van der Waals surface area contributed by atoms with Crippen LogP contribution in [0.5, 0.6) is 0 Å². The van der Waals surface area contributed by atoms with Crippen LogP contribution < -0.4 is 10.4 Å². The normalized spacial score (nSPS) is 21.5. The van der Waals surface area contributed by atoms with Crippen molar-refractivity contribution in [3.63, 3.8) is 0 Å². The van der Waals surface area contributed by atoms with Crippen molar-refractivity contribution < 1.29 is 9.16 Å². The standard InChI is InChI=1S/C27H40O2Si/c1-16(2)24-15-28-30(27(29-24)17(3)4,25-20(7)11-18(5)12-21(25)8)26-22(9)13-19(6)14-23(26)10/h11-14,16-17,24,27H,15H2,1-10H3/t24-,27-/m1/s1. The maximum atomic E-state index is 7.20. The third kappa shape index (κ3) is 3.92. The Balaban J connectivity index is 2.39. The lowest BCUT2D eigenvalue weighted by atomic mass is 10.1. The summed E-state index contributed by atoms with van der Waals surface area (Å²) in [6.45, 7) is 23.2. The monoisotopic (exact) mass is 424 g/mol. The van der Waals surface area contributed by atoms with E-state index in [-0.39, 0.29) is 11.8 Å². The lowest BCUT2D eigenvalue weighted by molar-refractivity contribution is -0.0790. The molecule has 0 aromatic heterocycles. The molecule has 1 aliphatic rings. The van der Waals surface area contributed by atoms with Crippen molar-refractivity contribution in [3.05, 3.63) is 57.6 Å². The number of ether oxygens (including phenoxy) is 1. The van der Waals surface area contributed by atoms with Crippen LogP contribution in [0, 0.1) is 53.4 Å². The SMILES string of the molecule is Cc1cc(C)c([Si]2(c3c(C)cc(C)cc3C)OC[C@H](C(C)C)O[C@H]2C(C)C)c(C)c1. The van der Waals surface area contributed by atoms with Crippen molar-refractivity contribution in [3.8, 4) is 0 Å². The van der Waals surface area contributed by atoms with E-state index in [0.717, 1.165) is 0 Å². The van der Waals surface area contributed by atoms with E-state index in [4.69, 9.17) is 9.16 Å². The van der Waals surface area contributed by atoms with E-state index in [1.807, 2.05) is 0 Å². The van der Waals surface area contributed by atoms with E-state index in [9.17, 15) is 0 Å². The minimum atomic E-state index is -2.66. The van der Waals surface area contributed by atoms with Gasteiger partial charge in [-0.15, -0.1) is 0 Å². The fourth-order valence-electron chi connectivity index (χ4n) is 5.68. The van der Waals surface area contributed by atoms with Gasteiger partial charge in [-0.05, 0) is 86.0 Å². The Hall–Kier alpha value is -1.42. The summed E-state index contributed by atoms with van der Waals surface area (Å²) in [5.74, 6) is 0.817. The van der Waals surface area contributed by atoms with E-state index in [1.165, 1.54) is 43.8 Å². The molecule has 0 radical (unpaired) electrons. The Bertz CT molecular complexity index is 825. The number of aryl methyl sites for hydroxylation is 6. The van der Waals surface area contributed by atoms with Crippen LogP contribution in [0.15, 0.2) is 24.3 Å². The fourth-order valence-corrected chi connectivity index (χ4v) is 11.3. The van der Waals surface area contributed by atoms with Crippen LogP contribution in [-0.2, 0) is 9.16 Å². The molecule has 2 aromatic rings. The summed E-state index contributed by atoms with van der Waals surface area (Å²) in [5.41, 5.74) is 8.08. The minimum Gasteiger partial charge on any atom is -0.403 e. The molecule has 164 valence electrons. The molecule has 2 aromatic carbocycles. The molecule has 0 unspecified atom stereocenters. The summed E-state index contributed by atoms with van der Waals surface area (Å²) in [7, 11) is -2.66. The first-order chi connectivity index (χ1) is 14.0. The maximum Gasteiger partial charge on any atom is 0.286 e. The molecule has 1 fully saturated rings. The molecule has 0 N–H and O–H groups in total. The van der Waals surface area contributed by atoms with Gasteiger partial charge in [0.1, 0.15) is 0 Å². The summed E-state index contributed by atoms with van der Waals surface area (Å²) < 4.78 is 14.2. The summed E-state index contributed by atoms with van der Waals surface area (Å²) in [6, 6.07) is 9.30. The van der Waals surface area contributed by atoms with Gasteiger partial charge in [-0.2, -0.15) is 0 Å². The zero-order valence-electron chi connectivity index (χ0n) is 20.6. The smallest absolute Gasteiger partial charge is 0.286 e. The molecule has 1 heterocycles. The molecule has 2 nitrogen and oxygen atoms in total. The lowest BCUT2D eigenvalue weighted by Gasteiger charge is -2.49. The van der Waals surface area contributed by atoms with Crippen LogP contribution in [0.25, 0.3) is 0 Å². The van der Waals surface area contributed by atoms with Crippen LogP contribution in [0.1, 0.15) is 61.1 Å². The number of rotatable bonds is 4. The van der Waals surface area contributed by atoms with Crippen molar-refractivity contribution in [2.45, 2.75) is 81.1 Å². The fraction of sp³-hybridized carbons (Fsp3) is 0.556. The number of benzene rings is 2. The average molecular weight is 425 g/mol. The average Bonchev–Trinajstić information content (AvgIpc) is 2.59. The molecule has 2 atom stereocenters. The lowest BCUT2D eigenvalue weighted by Crippen LogP contribution is -2.76. The van der Waals surface area contributed by atoms with E-state index in [2.05, 4.69) is 93.5 Å². The molecule has 3 rings (SSSR count). The largest absolute Gasteiger partial charge is 0.403 e. The highest BCUT2D eigenvalue weighted by Crippen LogP contribution is 2.33. The molecular weight excluding hydrogens is 384 g/mol. The summed E-state index contributed by atoms with van der Waals surface area (Å²) in [5, 5.41) is 2.84. The molecule has 1 aliphatic heterocycles. The zero-order valence-corrected chi connectivity index (χ0v) is 21.6. The molecule has 30 heavy (non-hydrogen) atoms. The van der Waals surface area contributed by atoms with Gasteiger partial charge in [-0.3, -0.25) is 0 Å². The van der Waals surface area contributed by atoms with Crippen LogP contribution in [0.3, 0.4) is 0 Å².